The molecule has 1 heterocycles. The second kappa shape index (κ2) is 3.23. The van der Waals surface area contributed by atoms with E-state index >= 15 is 0 Å². The number of nitrogens with zero attached hydrogens (tertiary/aromatic N) is 2. The molecule has 1 aliphatic carbocycles. The minimum Gasteiger partial charge on any atom is -0.369 e. The van der Waals surface area contributed by atoms with Gasteiger partial charge in [-0.25, -0.2) is 0 Å². The average Bonchev–Trinajstić information content (AvgIpc) is 2.86. The first-order valence-electron chi connectivity index (χ1n) is 5.09. The highest BCUT2D eigenvalue weighted by Gasteiger charge is 2.53. The van der Waals surface area contributed by atoms with Crippen LogP contribution in [0.25, 0.3) is 0 Å². The molecule has 1 unspecified atom stereocenters. The van der Waals surface area contributed by atoms with Gasteiger partial charge in [-0.05, 0) is 19.3 Å². The van der Waals surface area contributed by atoms with E-state index in [1.165, 1.54) is 0 Å². The maximum Gasteiger partial charge on any atom is 0.243 e. The molecule has 2 amide bonds. The fourth-order valence-electron chi connectivity index (χ4n) is 1.98. The van der Waals surface area contributed by atoms with Gasteiger partial charge in [-0.15, -0.1) is 0 Å². The van der Waals surface area contributed by atoms with Gasteiger partial charge in [0, 0.05) is 13.1 Å². The number of nitrogens with two attached hydrogens (primary N) is 1. The lowest BCUT2D eigenvalue weighted by Crippen LogP contribution is -2.36. The monoisotopic (exact) mass is 207 g/mol. The number of rotatable bonds is 2. The van der Waals surface area contributed by atoms with Crippen molar-refractivity contribution in [1.82, 2.24) is 4.90 Å². The van der Waals surface area contributed by atoms with E-state index < -0.39 is 5.41 Å². The SMILES string of the molecule is N#CC1(C(=O)N2CCC(C(N)=O)C2)CC1. The molecule has 5 nitrogen and oxygen atoms in total. The smallest absolute Gasteiger partial charge is 0.243 e. The normalized spacial score (nSPS) is 27.1. The molecule has 0 aromatic rings. The highest BCUT2D eigenvalue weighted by Crippen LogP contribution is 2.47. The van der Waals surface area contributed by atoms with E-state index in [2.05, 4.69) is 6.07 Å². The standard InChI is InChI=1S/C10H13N3O2/c11-6-10(2-3-10)9(15)13-4-1-7(5-13)8(12)14/h7H,1-5H2,(H2,12,14). The summed E-state index contributed by atoms with van der Waals surface area (Å²) in [5, 5.41) is 8.87. The van der Waals surface area contributed by atoms with Gasteiger partial charge in [-0.1, -0.05) is 0 Å². The Bertz CT molecular complexity index is 354. The van der Waals surface area contributed by atoms with Crippen molar-refractivity contribution in [3.8, 4) is 6.07 Å². The number of nitriles is 1. The molecule has 0 aromatic heterocycles. The Hall–Kier alpha value is -1.57. The molecule has 1 saturated heterocycles. The summed E-state index contributed by atoms with van der Waals surface area (Å²) in [5.41, 5.74) is 4.40. The van der Waals surface area contributed by atoms with E-state index in [4.69, 9.17) is 11.0 Å². The van der Waals surface area contributed by atoms with E-state index in [0.717, 1.165) is 0 Å². The number of primary amides is 1. The summed E-state index contributed by atoms with van der Waals surface area (Å²) in [6, 6.07) is 2.07. The Labute approximate surface area is 87.8 Å². The van der Waals surface area contributed by atoms with Crippen molar-refractivity contribution in [2.24, 2.45) is 17.1 Å². The zero-order valence-electron chi connectivity index (χ0n) is 8.40. The zero-order valence-corrected chi connectivity index (χ0v) is 8.40. The third kappa shape index (κ3) is 1.56. The third-order valence-corrected chi connectivity index (χ3v) is 3.25. The van der Waals surface area contributed by atoms with Gasteiger partial charge in [0.25, 0.3) is 0 Å². The average molecular weight is 207 g/mol. The number of amides is 2. The maximum atomic E-state index is 11.9. The Morgan fingerprint density at radius 2 is 2.13 bits per heavy atom. The van der Waals surface area contributed by atoms with Crippen molar-refractivity contribution < 1.29 is 9.59 Å². The molecule has 0 bridgehead atoms. The summed E-state index contributed by atoms with van der Waals surface area (Å²) in [4.78, 5) is 24.4. The van der Waals surface area contributed by atoms with Crippen LogP contribution in [0.2, 0.25) is 0 Å². The summed E-state index contributed by atoms with van der Waals surface area (Å²) in [6.07, 6.45) is 1.93. The first kappa shape index (κ1) is 9.97. The predicted molar refractivity (Wildman–Crippen MR) is 51.2 cm³/mol. The molecule has 0 spiro atoms. The van der Waals surface area contributed by atoms with Crippen molar-refractivity contribution in [3.63, 3.8) is 0 Å². The van der Waals surface area contributed by atoms with Crippen LogP contribution in [0.15, 0.2) is 0 Å². The molecule has 0 aromatic carbocycles. The molecule has 15 heavy (non-hydrogen) atoms. The lowest BCUT2D eigenvalue weighted by Gasteiger charge is -2.18. The number of carbonyl (C=O) groups is 2. The van der Waals surface area contributed by atoms with Gasteiger partial charge in [0.15, 0.2) is 0 Å². The Morgan fingerprint density at radius 1 is 1.47 bits per heavy atom. The summed E-state index contributed by atoms with van der Waals surface area (Å²) in [5.74, 6) is -0.704. The molecule has 2 N–H and O–H groups in total. The van der Waals surface area contributed by atoms with Gasteiger partial charge in [0.1, 0.15) is 5.41 Å². The van der Waals surface area contributed by atoms with Crippen LogP contribution in [0.3, 0.4) is 0 Å². The molecular formula is C10H13N3O2. The van der Waals surface area contributed by atoms with E-state index in [1.54, 1.807) is 4.90 Å². The first-order valence-corrected chi connectivity index (χ1v) is 5.09. The Balaban J connectivity index is 2.00. The van der Waals surface area contributed by atoms with Gasteiger partial charge in [0.05, 0.1) is 12.0 Å². The van der Waals surface area contributed by atoms with Crippen LogP contribution in [0.5, 0.6) is 0 Å². The van der Waals surface area contributed by atoms with Crippen LogP contribution in [0, 0.1) is 22.7 Å². The van der Waals surface area contributed by atoms with E-state index in [1.807, 2.05) is 0 Å². The van der Waals surface area contributed by atoms with Crippen molar-refractivity contribution in [3.05, 3.63) is 0 Å². The number of likely N-dealkylation sites (tertiary alicyclic amines) is 1. The van der Waals surface area contributed by atoms with Crippen molar-refractivity contribution in [1.29, 1.82) is 5.26 Å². The molecule has 0 radical (unpaired) electrons. The van der Waals surface area contributed by atoms with E-state index in [-0.39, 0.29) is 17.7 Å². The summed E-state index contributed by atoms with van der Waals surface area (Å²) in [6.45, 7) is 0.938. The molecule has 80 valence electrons. The summed E-state index contributed by atoms with van der Waals surface area (Å²) >= 11 is 0. The van der Waals surface area contributed by atoms with Crippen LogP contribution in [0.1, 0.15) is 19.3 Å². The highest BCUT2D eigenvalue weighted by molar-refractivity contribution is 5.89. The van der Waals surface area contributed by atoms with Gasteiger partial charge in [0.2, 0.25) is 11.8 Å². The molecule has 2 rings (SSSR count). The van der Waals surface area contributed by atoms with Gasteiger partial charge in [-0.3, -0.25) is 9.59 Å². The van der Waals surface area contributed by atoms with Crippen molar-refractivity contribution in [2.75, 3.05) is 13.1 Å². The quantitative estimate of drug-likeness (QED) is 0.669. The minimum atomic E-state index is -0.771. The largest absolute Gasteiger partial charge is 0.369 e. The highest BCUT2D eigenvalue weighted by atomic mass is 16.2. The second-order valence-corrected chi connectivity index (χ2v) is 4.33. The van der Waals surface area contributed by atoms with E-state index in [9.17, 15) is 9.59 Å². The summed E-state index contributed by atoms with van der Waals surface area (Å²) < 4.78 is 0. The first-order chi connectivity index (χ1) is 7.09. The van der Waals surface area contributed by atoms with Crippen LogP contribution >= 0.6 is 0 Å². The van der Waals surface area contributed by atoms with Crippen LogP contribution < -0.4 is 5.73 Å². The fourth-order valence-corrected chi connectivity index (χ4v) is 1.98. The topological polar surface area (TPSA) is 87.2 Å². The lowest BCUT2D eigenvalue weighted by atomic mass is 10.1. The van der Waals surface area contributed by atoms with Gasteiger partial charge in [-0.2, -0.15) is 5.26 Å². The fraction of sp³-hybridized carbons (Fsp3) is 0.700. The zero-order chi connectivity index (χ0) is 11.1. The van der Waals surface area contributed by atoms with Crippen LogP contribution in [-0.2, 0) is 9.59 Å². The van der Waals surface area contributed by atoms with Crippen LogP contribution in [0.4, 0.5) is 0 Å². The molecule has 1 saturated carbocycles. The Kier molecular flexibility index (Phi) is 2.14. The van der Waals surface area contributed by atoms with Crippen LogP contribution in [-0.4, -0.2) is 29.8 Å². The van der Waals surface area contributed by atoms with E-state index in [0.29, 0.717) is 32.4 Å². The molecular weight excluding hydrogens is 194 g/mol. The van der Waals surface area contributed by atoms with Crippen molar-refractivity contribution in [2.45, 2.75) is 19.3 Å². The summed E-state index contributed by atoms with van der Waals surface area (Å²) in [7, 11) is 0. The molecule has 2 aliphatic rings. The van der Waals surface area contributed by atoms with Gasteiger partial charge < -0.3 is 10.6 Å². The lowest BCUT2D eigenvalue weighted by molar-refractivity contribution is -0.134. The number of carbonyl (C=O) groups excluding carboxylic acids is 2. The Morgan fingerprint density at radius 3 is 2.53 bits per heavy atom. The number of hydrogen-bond acceptors (Lipinski definition) is 3. The molecule has 5 heteroatoms. The maximum absolute atomic E-state index is 11.9. The second-order valence-electron chi connectivity index (χ2n) is 4.33. The molecule has 1 atom stereocenters. The van der Waals surface area contributed by atoms with Gasteiger partial charge >= 0.3 is 0 Å². The minimum absolute atomic E-state index is 0.117. The number of hydrogen-bond donors (Lipinski definition) is 1. The molecule has 2 fully saturated rings. The third-order valence-electron chi connectivity index (χ3n) is 3.25. The predicted octanol–water partition coefficient (Wildman–Crippen LogP) is -0.376. The van der Waals surface area contributed by atoms with Crippen molar-refractivity contribution >= 4 is 11.8 Å². The molecule has 1 aliphatic heterocycles.